The molecule has 2 heterocycles. The monoisotopic (exact) mass is 438 g/mol. The minimum absolute atomic E-state index is 0.0228. The number of esters is 1. The quantitative estimate of drug-likeness (QED) is 0.511. The zero-order valence-electron chi connectivity index (χ0n) is 20.0. The van der Waals surface area contributed by atoms with Gasteiger partial charge in [0.1, 0.15) is 11.9 Å². The summed E-state index contributed by atoms with van der Waals surface area (Å²) < 4.78 is 11.4. The van der Waals surface area contributed by atoms with Crippen molar-refractivity contribution in [2.45, 2.75) is 58.6 Å². The molecule has 2 aliphatic carbocycles. The Kier molecular flexibility index (Phi) is 5.73. The molecule has 0 unspecified atom stereocenters. The molecule has 0 aromatic heterocycles. The van der Waals surface area contributed by atoms with Gasteiger partial charge in [-0.3, -0.25) is 9.69 Å². The van der Waals surface area contributed by atoms with E-state index in [-0.39, 0.29) is 29.3 Å². The van der Waals surface area contributed by atoms with Crippen molar-refractivity contribution in [1.29, 1.82) is 0 Å². The Bertz CT molecular complexity index is 899. The Morgan fingerprint density at radius 3 is 2.88 bits per heavy atom. The van der Waals surface area contributed by atoms with Crippen molar-refractivity contribution in [1.82, 2.24) is 4.90 Å². The molecule has 1 saturated carbocycles. The summed E-state index contributed by atoms with van der Waals surface area (Å²) in [5.41, 5.74) is 3.04. The predicted octanol–water partition coefficient (Wildman–Crippen LogP) is 4.52. The van der Waals surface area contributed by atoms with Crippen LogP contribution in [0.2, 0.25) is 0 Å². The van der Waals surface area contributed by atoms with Crippen molar-refractivity contribution >= 4 is 11.7 Å². The van der Waals surface area contributed by atoms with Gasteiger partial charge in [0.2, 0.25) is 0 Å². The van der Waals surface area contributed by atoms with E-state index in [0.717, 1.165) is 38.3 Å². The van der Waals surface area contributed by atoms with E-state index < -0.39 is 0 Å². The van der Waals surface area contributed by atoms with Crippen molar-refractivity contribution in [2.24, 2.45) is 23.2 Å². The van der Waals surface area contributed by atoms with Crippen molar-refractivity contribution in [3.05, 3.63) is 35.9 Å². The van der Waals surface area contributed by atoms with Gasteiger partial charge in [-0.15, -0.1) is 0 Å². The SMILES string of the molecule is COc1cccc(N2CCN(C[C@H]3C(=O)O[C@@H]4C[C@]5(C)CCC[C@@H](C)C5=C[C@H]43)C[C@H]2C)c1. The minimum Gasteiger partial charge on any atom is -0.497 e. The van der Waals surface area contributed by atoms with Crippen molar-refractivity contribution in [3.63, 3.8) is 0 Å². The molecular formula is C27H38N2O3. The average Bonchev–Trinajstić information content (AvgIpc) is 3.06. The number of ether oxygens (including phenoxy) is 2. The van der Waals surface area contributed by atoms with Crippen LogP contribution < -0.4 is 9.64 Å². The summed E-state index contributed by atoms with van der Waals surface area (Å²) >= 11 is 0. The molecule has 5 rings (SSSR count). The highest BCUT2D eigenvalue weighted by Gasteiger charge is 2.52. The van der Waals surface area contributed by atoms with Crippen LogP contribution in [0.15, 0.2) is 35.9 Å². The Morgan fingerprint density at radius 2 is 2.09 bits per heavy atom. The number of hydrogen-bond donors (Lipinski definition) is 0. The molecule has 6 atom stereocenters. The molecule has 2 aliphatic heterocycles. The van der Waals surface area contributed by atoms with Crippen LogP contribution in [0.5, 0.6) is 5.75 Å². The Labute approximate surface area is 192 Å². The van der Waals surface area contributed by atoms with Crippen molar-refractivity contribution < 1.29 is 14.3 Å². The van der Waals surface area contributed by atoms with E-state index in [0.29, 0.717) is 12.0 Å². The highest BCUT2D eigenvalue weighted by atomic mass is 16.6. The zero-order chi connectivity index (χ0) is 22.5. The minimum atomic E-state index is -0.0262. The third kappa shape index (κ3) is 3.83. The molecule has 0 spiro atoms. The van der Waals surface area contributed by atoms with Crippen LogP contribution in [-0.4, -0.2) is 56.3 Å². The summed E-state index contributed by atoms with van der Waals surface area (Å²) in [7, 11) is 1.71. The summed E-state index contributed by atoms with van der Waals surface area (Å²) in [4.78, 5) is 17.9. The topological polar surface area (TPSA) is 42.0 Å². The lowest BCUT2D eigenvalue weighted by Gasteiger charge is -2.46. The number of allylic oxidation sites excluding steroid dienone is 1. The number of anilines is 1. The molecule has 5 heteroatoms. The van der Waals surface area contributed by atoms with Gasteiger partial charge in [0.15, 0.2) is 0 Å². The van der Waals surface area contributed by atoms with Crippen LogP contribution in [0, 0.1) is 23.2 Å². The molecule has 174 valence electrons. The molecule has 0 amide bonds. The van der Waals surface area contributed by atoms with Gasteiger partial charge in [-0.1, -0.05) is 38.0 Å². The molecule has 4 aliphatic rings. The number of carbonyl (C=O) groups excluding carboxylic acids is 1. The second-order valence-corrected chi connectivity index (χ2v) is 10.8. The van der Waals surface area contributed by atoms with Crippen molar-refractivity contribution in [2.75, 3.05) is 38.2 Å². The number of methoxy groups -OCH3 is 1. The first kappa shape index (κ1) is 21.8. The van der Waals surface area contributed by atoms with Gasteiger partial charge in [0.05, 0.1) is 13.0 Å². The Hall–Kier alpha value is -2.01. The van der Waals surface area contributed by atoms with Gasteiger partial charge < -0.3 is 14.4 Å². The molecule has 2 saturated heterocycles. The van der Waals surface area contributed by atoms with Crippen LogP contribution in [0.25, 0.3) is 0 Å². The molecule has 5 nitrogen and oxygen atoms in total. The van der Waals surface area contributed by atoms with E-state index in [9.17, 15) is 4.79 Å². The van der Waals surface area contributed by atoms with E-state index >= 15 is 0 Å². The van der Waals surface area contributed by atoms with Gasteiger partial charge in [-0.25, -0.2) is 0 Å². The van der Waals surface area contributed by atoms with E-state index in [1.807, 2.05) is 6.07 Å². The lowest BCUT2D eigenvalue weighted by molar-refractivity contribution is -0.145. The first-order valence-corrected chi connectivity index (χ1v) is 12.4. The summed E-state index contributed by atoms with van der Waals surface area (Å²) in [6, 6.07) is 8.70. The lowest BCUT2D eigenvalue weighted by atomic mass is 9.59. The highest BCUT2D eigenvalue weighted by molar-refractivity contribution is 5.76. The summed E-state index contributed by atoms with van der Waals surface area (Å²) in [5, 5.41) is 0. The van der Waals surface area contributed by atoms with E-state index in [1.54, 1.807) is 12.7 Å². The van der Waals surface area contributed by atoms with Crippen LogP contribution in [0.3, 0.4) is 0 Å². The zero-order valence-corrected chi connectivity index (χ0v) is 20.0. The average molecular weight is 439 g/mol. The maximum Gasteiger partial charge on any atom is 0.311 e. The van der Waals surface area contributed by atoms with Crippen LogP contribution in [0.4, 0.5) is 5.69 Å². The van der Waals surface area contributed by atoms with E-state index in [2.05, 4.69) is 54.8 Å². The standard InChI is InChI=1S/C27H38N2O3/c1-18-7-6-10-27(3)15-25-22(14-24(18)27)23(26(30)32-25)17-28-11-12-29(19(2)16-28)20-8-5-9-21(13-20)31-4/h5,8-9,13-14,18-19,22-23,25H,6-7,10-12,15-17H2,1-4H3/t18-,19-,22+,23-,25-,27+/m1/s1. The van der Waals surface area contributed by atoms with E-state index in [1.165, 1.54) is 24.9 Å². The first-order chi connectivity index (χ1) is 15.4. The fraction of sp³-hybridized carbons (Fsp3) is 0.667. The van der Waals surface area contributed by atoms with Gasteiger partial charge in [-0.2, -0.15) is 0 Å². The Morgan fingerprint density at radius 1 is 1.25 bits per heavy atom. The molecule has 0 bridgehead atoms. The fourth-order valence-electron chi connectivity index (χ4n) is 6.91. The van der Waals surface area contributed by atoms with E-state index in [4.69, 9.17) is 9.47 Å². The second-order valence-electron chi connectivity index (χ2n) is 10.8. The Balaban J connectivity index is 1.28. The number of benzene rings is 1. The van der Waals surface area contributed by atoms with Crippen molar-refractivity contribution in [3.8, 4) is 5.75 Å². The number of fused-ring (bicyclic) bond motifs is 2. The summed E-state index contributed by atoms with van der Waals surface area (Å²) in [5.74, 6) is 1.78. The molecule has 0 radical (unpaired) electrons. The smallest absolute Gasteiger partial charge is 0.311 e. The van der Waals surface area contributed by atoms with Gasteiger partial charge >= 0.3 is 5.97 Å². The fourth-order valence-corrected chi connectivity index (χ4v) is 6.91. The third-order valence-electron chi connectivity index (χ3n) is 8.63. The lowest BCUT2D eigenvalue weighted by Crippen LogP contribution is -2.53. The number of piperazine rings is 1. The summed E-state index contributed by atoms with van der Waals surface area (Å²) in [6.45, 7) is 10.7. The molecule has 32 heavy (non-hydrogen) atoms. The third-order valence-corrected chi connectivity index (χ3v) is 8.63. The molecule has 1 aromatic carbocycles. The predicted molar refractivity (Wildman–Crippen MR) is 127 cm³/mol. The summed E-state index contributed by atoms with van der Waals surface area (Å²) in [6.07, 6.45) is 7.36. The van der Waals surface area contributed by atoms with Crippen LogP contribution >= 0.6 is 0 Å². The normalized spacial score (nSPS) is 37.4. The molecule has 1 aromatic rings. The van der Waals surface area contributed by atoms with Crippen LogP contribution in [0.1, 0.15) is 46.5 Å². The first-order valence-electron chi connectivity index (χ1n) is 12.4. The number of nitrogens with zero attached hydrogens (tertiary/aromatic N) is 2. The maximum atomic E-state index is 12.9. The maximum absolute atomic E-state index is 12.9. The van der Waals surface area contributed by atoms with Gasteiger partial charge in [0, 0.05) is 49.9 Å². The number of rotatable bonds is 4. The molecular weight excluding hydrogens is 400 g/mol. The largest absolute Gasteiger partial charge is 0.497 e. The van der Waals surface area contributed by atoms with Gasteiger partial charge in [-0.05, 0) is 49.7 Å². The molecule has 0 N–H and O–H groups in total. The van der Waals surface area contributed by atoms with Crippen LogP contribution in [-0.2, 0) is 9.53 Å². The number of carbonyl (C=O) groups is 1. The van der Waals surface area contributed by atoms with Gasteiger partial charge in [0.25, 0.3) is 0 Å². The molecule has 3 fully saturated rings. The number of hydrogen-bond acceptors (Lipinski definition) is 5. The highest BCUT2D eigenvalue weighted by Crippen LogP contribution is 2.54. The second kappa shape index (κ2) is 8.40.